The zero-order valence-electron chi connectivity index (χ0n) is 9.98. The van der Waals surface area contributed by atoms with E-state index in [2.05, 4.69) is 10.2 Å². The van der Waals surface area contributed by atoms with Gasteiger partial charge in [-0.3, -0.25) is 0 Å². The summed E-state index contributed by atoms with van der Waals surface area (Å²) in [5.74, 6) is -2.03. The third-order valence-electron chi connectivity index (χ3n) is 2.71. The average Bonchev–Trinajstić information content (AvgIpc) is 2.35. The molecule has 5 heteroatoms. The van der Waals surface area contributed by atoms with Crippen LogP contribution in [0.15, 0.2) is 24.3 Å². The summed E-state index contributed by atoms with van der Waals surface area (Å²) in [5.41, 5.74) is 1.40. The number of hydrogen-bond donors (Lipinski definition) is 1. The average molecular weight is 250 g/mol. The number of nitrogens with zero attached hydrogens (tertiary/aromatic N) is 2. The van der Waals surface area contributed by atoms with Crippen molar-refractivity contribution in [3.63, 3.8) is 0 Å². The minimum Gasteiger partial charge on any atom is -0.383 e. The van der Waals surface area contributed by atoms with Crippen LogP contribution in [-0.4, -0.2) is 15.3 Å². The molecule has 0 aliphatic heterocycles. The molecule has 0 aliphatic rings. The van der Waals surface area contributed by atoms with Gasteiger partial charge < -0.3 is 5.11 Å². The molecule has 0 saturated heterocycles. The lowest BCUT2D eigenvalue weighted by Gasteiger charge is -2.14. The maximum Gasteiger partial charge on any atom is 0.164 e. The van der Waals surface area contributed by atoms with E-state index in [1.54, 1.807) is 19.9 Å². The summed E-state index contributed by atoms with van der Waals surface area (Å²) >= 11 is 0. The van der Waals surface area contributed by atoms with Gasteiger partial charge >= 0.3 is 0 Å². The van der Waals surface area contributed by atoms with E-state index in [1.807, 2.05) is 0 Å². The molecule has 0 aliphatic carbocycles. The van der Waals surface area contributed by atoms with Gasteiger partial charge in [-0.2, -0.15) is 10.2 Å². The molecule has 1 N–H and O–H groups in total. The highest BCUT2D eigenvalue weighted by atomic mass is 19.2. The fourth-order valence-electron chi connectivity index (χ4n) is 1.75. The number of aliphatic hydroxyl groups is 1. The van der Waals surface area contributed by atoms with Crippen LogP contribution in [0.1, 0.15) is 28.6 Å². The molecule has 0 spiro atoms. The Morgan fingerprint density at radius 3 is 2.56 bits per heavy atom. The summed E-state index contributed by atoms with van der Waals surface area (Å²) < 4.78 is 26.7. The zero-order chi connectivity index (χ0) is 13.3. The SMILES string of the molecule is Cc1cc(C(O)c2cccc(F)c2F)c(C)nn1. The molecule has 1 atom stereocenters. The van der Waals surface area contributed by atoms with Crippen molar-refractivity contribution in [2.75, 3.05) is 0 Å². The molecule has 0 saturated carbocycles. The molecular weight excluding hydrogens is 238 g/mol. The first-order valence-electron chi connectivity index (χ1n) is 5.43. The van der Waals surface area contributed by atoms with Gasteiger partial charge in [-0.1, -0.05) is 12.1 Å². The Morgan fingerprint density at radius 2 is 1.83 bits per heavy atom. The minimum atomic E-state index is -1.25. The monoisotopic (exact) mass is 250 g/mol. The van der Waals surface area contributed by atoms with Crippen LogP contribution in [0.25, 0.3) is 0 Å². The second-order valence-corrected chi connectivity index (χ2v) is 4.07. The van der Waals surface area contributed by atoms with Gasteiger partial charge in [0, 0.05) is 11.1 Å². The Kier molecular flexibility index (Phi) is 3.34. The predicted octanol–water partition coefficient (Wildman–Crippen LogP) is 2.45. The first-order chi connectivity index (χ1) is 8.50. The fourth-order valence-corrected chi connectivity index (χ4v) is 1.75. The van der Waals surface area contributed by atoms with Gasteiger partial charge in [-0.25, -0.2) is 8.78 Å². The lowest BCUT2D eigenvalue weighted by atomic mass is 10.00. The smallest absolute Gasteiger partial charge is 0.164 e. The van der Waals surface area contributed by atoms with Crippen molar-refractivity contribution in [3.05, 3.63) is 58.4 Å². The molecule has 1 aromatic heterocycles. The van der Waals surface area contributed by atoms with E-state index < -0.39 is 17.7 Å². The van der Waals surface area contributed by atoms with Gasteiger partial charge in [0.25, 0.3) is 0 Å². The molecule has 0 fully saturated rings. The summed E-state index contributed by atoms with van der Waals surface area (Å²) in [6, 6.07) is 5.32. The van der Waals surface area contributed by atoms with Gasteiger partial charge in [-0.05, 0) is 26.0 Å². The van der Waals surface area contributed by atoms with E-state index in [1.165, 1.54) is 12.1 Å². The maximum absolute atomic E-state index is 13.6. The van der Waals surface area contributed by atoms with Gasteiger partial charge in [0.2, 0.25) is 0 Å². The summed E-state index contributed by atoms with van der Waals surface area (Å²) in [6.07, 6.45) is -1.25. The highest BCUT2D eigenvalue weighted by Crippen LogP contribution is 2.27. The maximum atomic E-state index is 13.6. The molecule has 18 heavy (non-hydrogen) atoms. The molecule has 1 unspecified atom stereocenters. The number of hydrogen-bond acceptors (Lipinski definition) is 3. The number of benzene rings is 1. The standard InChI is InChI=1S/C13H12F2N2O/c1-7-6-10(8(2)17-16-7)13(18)9-4-3-5-11(14)12(9)15/h3-6,13,18H,1-2H3. The van der Waals surface area contributed by atoms with E-state index in [0.717, 1.165) is 6.07 Å². The van der Waals surface area contributed by atoms with Gasteiger partial charge in [-0.15, -0.1) is 0 Å². The number of aryl methyl sites for hydroxylation is 2. The molecule has 0 bridgehead atoms. The molecule has 0 radical (unpaired) electrons. The largest absolute Gasteiger partial charge is 0.383 e. The van der Waals surface area contributed by atoms with Crippen LogP contribution >= 0.6 is 0 Å². The lowest BCUT2D eigenvalue weighted by molar-refractivity contribution is 0.211. The van der Waals surface area contributed by atoms with Crippen LogP contribution < -0.4 is 0 Å². The number of rotatable bonds is 2. The molecule has 3 nitrogen and oxygen atoms in total. The van der Waals surface area contributed by atoms with E-state index in [4.69, 9.17) is 0 Å². The Balaban J connectivity index is 2.51. The molecule has 2 rings (SSSR count). The van der Waals surface area contributed by atoms with E-state index >= 15 is 0 Å². The molecule has 2 aromatic rings. The van der Waals surface area contributed by atoms with Crippen LogP contribution in [0.2, 0.25) is 0 Å². The molecular formula is C13H12F2N2O. The van der Waals surface area contributed by atoms with Crippen LogP contribution in [0, 0.1) is 25.5 Å². The van der Waals surface area contributed by atoms with E-state index in [9.17, 15) is 13.9 Å². The van der Waals surface area contributed by atoms with Crippen molar-refractivity contribution in [2.24, 2.45) is 0 Å². The number of aliphatic hydroxyl groups excluding tert-OH is 1. The van der Waals surface area contributed by atoms with Crippen LogP contribution in [-0.2, 0) is 0 Å². The normalized spacial score (nSPS) is 12.5. The summed E-state index contributed by atoms with van der Waals surface area (Å²) in [4.78, 5) is 0. The molecule has 1 heterocycles. The quantitative estimate of drug-likeness (QED) is 0.890. The lowest BCUT2D eigenvalue weighted by Crippen LogP contribution is -2.08. The van der Waals surface area contributed by atoms with E-state index in [0.29, 0.717) is 17.0 Å². The third kappa shape index (κ3) is 2.22. The topological polar surface area (TPSA) is 46.0 Å². The van der Waals surface area contributed by atoms with Crippen molar-refractivity contribution in [1.29, 1.82) is 0 Å². The van der Waals surface area contributed by atoms with Crippen LogP contribution in [0.4, 0.5) is 8.78 Å². The van der Waals surface area contributed by atoms with Gasteiger partial charge in [0.1, 0.15) is 6.10 Å². The minimum absolute atomic E-state index is 0.106. The van der Waals surface area contributed by atoms with Crippen LogP contribution in [0.5, 0.6) is 0 Å². The van der Waals surface area contributed by atoms with Gasteiger partial charge in [0.05, 0.1) is 11.4 Å². The van der Waals surface area contributed by atoms with Crippen LogP contribution in [0.3, 0.4) is 0 Å². The number of aromatic nitrogens is 2. The van der Waals surface area contributed by atoms with Gasteiger partial charge in [0.15, 0.2) is 11.6 Å². The predicted molar refractivity (Wildman–Crippen MR) is 61.9 cm³/mol. The second kappa shape index (κ2) is 4.78. The zero-order valence-corrected chi connectivity index (χ0v) is 9.98. The first-order valence-corrected chi connectivity index (χ1v) is 5.43. The Bertz CT molecular complexity index is 585. The molecule has 1 aromatic carbocycles. The number of halogens is 2. The summed E-state index contributed by atoms with van der Waals surface area (Å²) in [6.45, 7) is 3.37. The third-order valence-corrected chi connectivity index (χ3v) is 2.71. The summed E-state index contributed by atoms with van der Waals surface area (Å²) in [5, 5.41) is 17.8. The highest BCUT2D eigenvalue weighted by molar-refractivity contribution is 5.33. The van der Waals surface area contributed by atoms with Crippen molar-refractivity contribution in [3.8, 4) is 0 Å². The summed E-state index contributed by atoms with van der Waals surface area (Å²) in [7, 11) is 0. The fraction of sp³-hybridized carbons (Fsp3) is 0.231. The Hall–Kier alpha value is -1.88. The Morgan fingerprint density at radius 1 is 1.11 bits per heavy atom. The second-order valence-electron chi connectivity index (χ2n) is 4.07. The highest BCUT2D eigenvalue weighted by Gasteiger charge is 2.20. The van der Waals surface area contributed by atoms with Crippen molar-refractivity contribution < 1.29 is 13.9 Å². The van der Waals surface area contributed by atoms with Crippen molar-refractivity contribution >= 4 is 0 Å². The molecule has 94 valence electrons. The van der Waals surface area contributed by atoms with Crippen molar-refractivity contribution in [2.45, 2.75) is 20.0 Å². The van der Waals surface area contributed by atoms with Crippen molar-refractivity contribution in [1.82, 2.24) is 10.2 Å². The molecule has 0 amide bonds. The Labute approximate surface area is 103 Å². The first kappa shape index (κ1) is 12.6. The van der Waals surface area contributed by atoms with E-state index in [-0.39, 0.29) is 5.56 Å².